The van der Waals surface area contributed by atoms with Crippen LogP contribution in [-0.2, 0) is 9.47 Å². The van der Waals surface area contributed by atoms with Crippen LogP contribution < -0.4 is 5.32 Å². The van der Waals surface area contributed by atoms with Crippen molar-refractivity contribution in [3.63, 3.8) is 0 Å². The second kappa shape index (κ2) is 5.69. The van der Waals surface area contributed by atoms with E-state index in [-0.39, 0.29) is 6.29 Å². The van der Waals surface area contributed by atoms with Crippen molar-refractivity contribution >= 4 is 0 Å². The molecule has 0 aromatic rings. The van der Waals surface area contributed by atoms with E-state index in [0.717, 1.165) is 13.1 Å². The molecule has 0 atom stereocenters. The lowest BCUT2D eigenvalue weighted by Gasteiger charge is -2.18. The first kappa shape index (κ1) is 12.0. The molecule has 0 amide bonds. The molecule has 84 valence electrons. The highest BCUT2D eigenvalue weighted by molar-refractivity contribution is 4.94. The smallest absolute Gasteiger partial charge is 0.169 e. The Balaban J connectivity index is 2.08. The molecule has 0 heterocycles. The summed E-state index contributed by atoms with van der Waals surface area (Å²) in [6, 6.07) is 0. The SMILES string of the molecule is CCCC1(CNCC(OC)OC)CC1. The van der Waals surface area contributed by atoms with Gasteiger partial charge in [-0.15, -0.1) is 0 Å². The van der Waals surface area contributed by atoms with E-state index < -0.39 is 0 Å². The molecule has 1 rings (SSSR count). The minimum absolute atomic E-state index is 0.104. The maximum atomic E-state index is 5.11. The van der Waals surface area contributed by atoms with Gasteiger partial charge < -0.3 is 14.8 Å². The largest absolute Gasteiger partial charge is 0.355 e. The van der Waals surface area contributed by atoms with Crippen molar-refractivity contribution in [2.75, 3.05) is 27.3 Å². The average molecular weight is 201 g/mol. The third kappa shape index (κ3) is 3.56. The molecule has 1 saturated carbocycles. The maximum absolute atomic E-state index is 5.11. The molecule has 0 radical (unpaired) electrons. The zero-order valence-electron chi connectivity index (χ0n) is 9.64. The Bertz CT molecular complexity index is 153. The lowest BCUT2D eigenvalue weighted by atomic mass is 10.0. The van der Waals surface area contributed by atoms with E-state index >= 15 is 0 Å². The number of methoxy groups -OCH3 is 2. The minimum atomic E-state index is -0.104. The van der Waals surface area contributed by atoms with Crippen molar-refractivity contribution in [1.29, 1.82) is 0 Å². The van der Waals surface area contributed by atoms with Crippen molar-refractivity contribution in [3.05, 3.63) is 0 Å². The van der Waals surface area contributed by atoms with Gasteiger partial charge in [0.2, 0.25) is 0 Å². The molecule has 3 nitrogen and oxygen atoms in total. The van der Waals surface area contributed by atoms with Crippen LogP contribution in [0, 0.1) is 5.41 Å². The molecule has 14 heavy (non-hydrogen) atoms. The summed E-state index contributed by atoms with van der Waals surface area (Å²) in [6.45, 7) is 4.16. The van der Waals surface area contributed by atoms with Crippen molar-refractivity contribution in [2.45, 2.75) is 38.9 Å². The van der Waals surface area contributed by atoms with Crippen molar-refractivity contribution in [2.24, 2.45) is 5.41 Å². The summed E-state index contributed by atoms with van der Waals surface area (Å²) in [7, 11) is 3.35. The summed E-state index contributed by atoms with van der Waals surface area (Å²) < 4.78 is 10.2. The standard InChI is InChI=1S/C11H23NO2/c1-4-5-11(6-7-11)9-12-8-10(13-2)14-3/h10,12H,4-9H2,1-3H3. The van der Waals surface area contributed by atoms with Gasteiger partial charge in [-0.25, -0.2) is 0 Å². The Morgan fingerprint density at radius 1 is 1.29 bits per heavy atom. The van der Waals surface area contributed by atoms with Gasteiger partial charge in [0, 0.05) is 27.3 Å². The Kier molecular flexibility index (Phi) is 4.85. The average Bonchev–Trinajstić information content (AvgIpc) is 2.94. The number of rotatable bonds is 8. The molecule has 1 aliphatic carbocycles. The van der Waals surface area contributed by atoms with Crippen molar-refractivity contribution in [1.82, 2.24) is 5.32 Å². The van der Waals surface area contributed by atoms with Crippen molar-refractivity contribution in [3.8, 4) is 0 Å². The zero-order chi connectivity index (χ0) is 10.4. The summed E-state index contributed by atoms with van der Waals surface area (Å²) >= 11 is 0. The van der Waals surface area contributed by atoms with Gasteiger partial charge in [-0.1, -0.05) is 13.3 Å². The Labute approximate surface area is 87.2 Å². The predicted octanol–water partition coefficient (Wildman–Crippen LogP) is 1.78. The van der Waals surface area contributed by atoms with E-state index in [9.17, 15) is 0 Å². The van der Waals surface area contributed by atoms with Gasteiger partial charge in [-0.2, -0.15) is 0 Å². The van der Waals surface area contributed by atoms with E-state index in [0.29, 0.717) is 5.41 Å². The van der Waals surface area contributed by atoms with E-state index in [1.807, 2.05) is 0 Å². The first-order valence-electron chi connectivity index (χ1n) is 5.52. The normalized spacial score (nSPS) is 18.9. The first-order valence-corrected chi connectivity index (χ1v) is 5.52. The third-order valence-electron chi connectivity index (χ3n) is 3.07. The summed E-state index contributed by atoms with van der Waals surface area (Å²) in [6.07, 6.45) is 5.31. The Hall–Kier alpha value is -0.120. The van der Waals surface area contributed by atoms with Gasteiger partial charge >= 0.3 is 0 Å². The van der Waals surface area contributed by atoms with Crippen LogP contribution in [0.25, 0.3) is 0 Å². The Morgan fingerprint density at radius 2 is 1.93 bits per heavy atom. The van der Waals surface area contributed by atoms with E-state index in [1.54, 1.807) is 14.2 Å². The van der Waals surface area contributed by atoms with Crippen LogP contribution in [0.4, 0.5) is 0 Å². The molecule has 0 aromatic heterocycles. The fraction of sp³-hybridized carbons (Fsp3) is 1.00. The van der Waals surface area contributed by atoms with Gasteiger partial charge in [-0.3, -0.25) is 0 Å². The van der Waals surface area contributed by atoms with Crippen LogP contribution in [0.3, 0.4) is 0 Å². The molecule has 0 bridgehead atoms. The fourth-order valence-electron chi connectivity index (χ4n) is 1.94. The molecular formula is C11H23NO2. The zero-order valence-corrected chi connectivity index (χ0v) is 9.64. The maximum Gasteiger partial charge on any atom is 0.169 e. The second-order valence-electron chi connectivity index (χ2n) is 4.28. The fourth-order valence-corrected chi connectivity index (χ4v) is 1.94. The summed E-state index contributed by atoms with van der Waals surface area (Å²) in [5.41, 5.74) is 0.612. The van der Waals surface area contributed by atoms with Gasteiger partial charge in [0.25, 0.3) is 0 Å². The van der Waals surface area contributed by atoms with Crippen LogP contribution in [0.5, 0.6) is 0 Å². The minimum Gasteiger partial charge on any atom is -0.355 e. The van der Waals surface area contributed by atoms with Crippen LogP contribution in [-0.4, -0.2) is 33.6 Å². The first-order chi connectivity index (χ1) is 6.76. The monoisotopic (exact) mass is 201 g/mol. The lowest BCUT2D eigenvalue weighted by molar-refractivity contribution is -0.0991. The van der Waals surface area contributed by atoms with Gasteiger partial charge in [0.05, 0.1) is 0 Å². The Morgan fingerprint density at radius 3 is 2.36 bits per heavy atom. The van der Waals surface area contributed by atoms with Crippen molar-refractivity contribution < 1.29 is 9.47 Å². The van der Waals surface area contributed by atoms with Crippen LogP contribution in [0.1, 0.15) is 32.6 Å². The van der Waals surface area contributed by atoms with Gasteiger partial charge in [0.15, 0.2) is 6.29 Å². The molecule has 0 saturated heterocycles. The number of ether oxygens (including phenoxy) is 2. The van der Waals surface area contributed by atoms with Crippen LogP contribution in [0.15, 0.2) is 0 Å². The molecule has 0 aromatic carbocycles. The van der Waals surface area contributed by atoms with Crippen LogP contribution >= 0.6 is 0 Å². The molecule has 0 aliphatic heterocycles. The molecule has 1 aliphatic rings. The van der Waals surface area contributed by atoms with E-state index in [4.69, 9.17) is 9.47 Å². The summed E-state index contributed by atoms with van der Waals surface area (Å²) in [5.74, 6) is 0. The van der Waals surface area contributed by atoms with E-state index in [1.165, 1.54) is 25.7 Å². The predicted molar refractivity (Wildman–Crippen MR) is 57.3 cm³/mol. The van der Waals surface area contributed by atoms with Gasteiger partial charge in [-0.05, 0) is 24.7 Å². The summed E-state index contributed by atoms with van der Waals surface area (Å²) in [4.78, 5) is 0. The lowest BCUT2D eigenvalue weighted by Crippen LogP contribution is -2.33. The molecule has 1 N–H and O–H groups in total. The number of hydrogen-bond donors (Lipinski definition) is 1. The molecule has 0 spiro atoms. The third-order valence-corrected chi connectivity index (χ3v) is 3.07. The molecule has 0 unspecified atom stereocenters. The topological polar surface area (TPSA) is 30.5 Å². The highest BCUT2D eigenvalue weighted by Gasteiger charge is 2.40. The number of nitrogens with one attached hydrogen (secondary N) is 1. The van der Waals surface area contributed by atoms with E-state index in [2.05, 4.69) is 12.2 Å². The molecule has 3 heteroatoms. The highest BCUT2D eigenvalue weighted by atomic mass is 16.7. The van der Waals surface area contributed by atoms with Gasteiger partial charge in [0.1, 0.15) is 0 Å². The molecule has 1 fully saturated rings. The number of hydrogen-bond acceptors (Lipinski definition) is 3. The molecular weight excluding hydrogens is 178 g/mol. The summed E-state index contributed by atoms with van der Waals surface area (Å²) in [5, 5.41) is 3.42. The quantitative estimate of drug-likeness (QED) is 0.607. The van der Waals surface area contributed by atoms with Crippen LogP contribution in [0.2, 0.25) is 0 Å². The second-order valence-corrected chi connectivity index (χ2v) is 4.28. The highest BCUT2D eigenvalue weighted by Crippen LogP contribution is 2.48.